The first-order valence-electron chi connectivity index (χ1n) is 13.7. The quantitative estimate of drug-likeness (QED) is 0.402. The fourth-order valence-electron chi connectivity index (χ4n) is 5.63. The van der Waals surface area contributed by atoms with Crippen molar-refractivity contribution in [2.45, 2.75) is 37.8 Å². The fourth-order valence-corrected chi connectivity index (χ4v) is 5.81. The van der Waals surface area contributed by atoms with E-state index in [0.29, 0.717) is 33.0 Å². The molecule has 1 aliphatic heterocycles. The molecule has 0 atom stereocenters. The van der Waals surface area contributed by atoms with Crippen LogP contribution in [0.3, 0.4) is 0 Å². The largest absolute Gasteiger partial charge is 0.493 e. The SMILES string of the molecule is COc1cc2ncnc(Nc3ccc(F)c(Cl)c3)c2cc1OC1CCC([N+](C)(C)C(=O)N2CCN(C)CC2)CC1. The van der Waals surface area contributed by atoms with Crippen LogP contribution in [0.2, 0.25) is 5.02 Å². The number of urea groups is 1. The van der Waals surface area contributed by atoms with Crippen LogP contribution in [-0.2, 0) is 0 Å². The maximum absolute atomic E-state index is 13.6. The summed E-state index contributed by atoms with van der Waals surface area (Å²) in [6.45, 7) is 3.40. The predicted octanol–water partition coefficient (Wildman–Crippen LogP) is 5.31. The normalized spacial score (nSPS) is 20.4. The average molecular weight is 572 g/mol. The summed E-state index contributed by atoms with van der Waals surface area (Å²) >= 11 is 5.96. The van der Waals surface area contributed by atoms with E-state index in [2.05, 4.69) is 27.2 Å². The number of aromatic nitrogens is 2. The number of halogens is 2. The van der Waals surface area contributed by atoms with E-state index in [1.165, 1.54) is 18.5 Å². The molecule has 2 aliphatic rings. The predicted molar refractivity (Wildman–Crippen MR) is 154 cm³/mol. The minimum atomic E-state index is -0.485. The smallest absolute Gasteiger partial charge is 0.419 e. The van der Waals surface area contributed by atoms with E-state index in [1.54, 1.807) is 13.2 Å². The molecule has 9 nitrogen and oxygen atoms in total. The van der Waals surface area contributed by atoms with Gasteiger partial charge in [-0.3, -0.25) is 4.90 Å². The molecule has 3 aromatic rings. The summed E-state index contributed by atoms with van der Waals surface area (Å²) in [5, 5.41) is 3.97. The van der Waals surface area contributed by atoms with Gasteiger partial charge in [-0.25, -0.2) is 23.6 Å². The van der Waals surface area contributed by atoms with Crippen molar-refractivity contribution in [3.8, 4) is 11.5 Å². The molecule has 5 rings (SSSR count). The zero-order valence-electron chi connectivity index (χ0n) is 23.5. The molecule has 1 saturated heterocycles. The summed E-state index contributed by atoms with van der Waals surface area (Å²) in [6.07, 6.45) is 4.93. The average Bonchev–Trinajstić information content (AvgIpc) is 2.95. The highest BCUT2D eigenvalue weighted by Crippen LogP contribution is 2.38. The van der Waals surface area contributed by atoms with Crippen LogP contribution >= 0.6 is 11.6 Å². The Morgan fingerprint density at radius 3 is 2.45 bits per heavy atom. The second-order valence-electron chi connectivity index (χ2n) is 11.2. The molecule has 11 heteroatoms. The van der Waals surface area contributed by atoms with E-state index in [9.17, 15) is 9.18 Å². The molecule has 40 heavy (non-hydrogen) atoms. The number of ether oxygens (including phenoxy) is 2. The molecule has 2 fully saturated rings. The monoisotopic (exact) mass is 571 g/mol. The van der Waals surface area contributed by atoms with Crippen molar-refractivity contribution in [1.29, 1.82) is 0 Å². The number of quaternary nitrogens is 1. The fraction of sp³-hybridized carbons (Fsp3) is 0.483. The molecule has 0 bridgehead atoms. The van der Waals surface area contributed by atoms with Gasteiger partial charge < -0.3 is 19.7 Å². The van der Waals surface area contributed by atoms with Crippen molar-refractivity contribution in [3.63, 3.8) is 0 Å². The first kappa shape index (κ1) is 28.3. The van der Waals surface area contributed by atoms with E-state index in [4.69, 9.17) is 21.1 Å². The van der Waals surface area contributed by atoms with Gasteiger partial charge in [-0.1, -0.05) is 11.6 Å². The minimum absolute atomic E-state index is 0.00159. The highest BCUT2D eigenvalue weighted by atomic mass is 35.5. The van der Waals surface area contributed by atoms with E-state index in [-0.39, 0.29) is 23.2 Å². The van der Waals surface area contributed by atoms with Crippen LogP contribution in [-0.4, -0.2) is 96.9 Å². The van der Waals surface area contributed by atoms with E-state index < -0.39 is 5.82 Å². The van der Waals surface area contributed by atoms with Crippen molar-refractivity contribution in [2.24, 2.45) is 0 Å². The molecule has 1 aliphatic carbocycles. The van der Waals surface area contributed by atoms with Crippen molar-refractivity contribution in [3.05, 3.63) is 47.5 Å². The van der Waals surface area contributed by atoms with Crippen LogP contribution in [0.25, 0.3) is 10.9 Å². The number of likely N-dealkylation sites (N-methyl/N-ethyl adjacent to an activating group) is 1. The lowest BCUT2D eigenvalue weighted by Crippen LogP contribution is -2.62. The molecule has 0 radical (unpaired) electrons. The van der Waals surface area contributed by atoms with Crippen LogP contribution in [0.5, 0.6) is 11.5 Å². The molecule has 2 aromatic carbocycles. The van der Waals surface area contributed by atoms with Gasteiger partial charge >= 0.3 is 6.03 Å². The van der Waals surface area contributed by atoms with Gasteiger partial charge in [0.25, 0.3) is 0 Å². The third-order valence-electron chi connectivity index (χ3n) is 8.22. The molecule has 214 valence electrons. The second-order valence-corrected chi connectivity index (χ2v) is 11.6. The molecule has 1 saturated carbocycles. The maximum atomic E-state index is 13.6. The number of piperazine rings is 1. The number of methoxy groups -OCH3 is 1. The van der Waals surface area contributed by atoms with Crippen molar-refractivity contribution >= 4 is 40.0 Å². The first-order chi connectivity index (χ1) is 19.2. The molecular formula is C29H37ClFN6O3+. The minimum Gasteiger partial charge on any atom is -0.493 e. The second kappa shape index (κ2) is 11.7. The number of anilines is 2. The van der Waals surface area contributed by atoms with Gasteiger partial charge in [0.2, 0.25) is 0 Å². The number of hydrogen-bond donors (Lipinski definition) is 1. The highest BCUT2D eigenvalue weighted by molar-refractivity contribution is 6.31. The van der Waals surface area contributed by atoms with Crippen LogP contribution in [0.1, 0.15) is 25.7 Å². The zero-order valence-corrected chi connectivity index (χ0v) is 24.2. The summed E-state index contributed by atoms with van der Waals surface area (Å²) in [5.41, 5.74) is 1.29. The van der Waals surface area contributed by atoms with Crippen LogP contribution in [0.4, 0.5) is 20.7 Å². The Morgan fingerprint density at radius 2 is 1.77 bits per heavy atom. The third-order valence-corrected chi connectivity index (χ3v) is 8.51. The van der Waals surface area contributed by atoms with Crippen molar-refractivity contribution in [1.82, 2.24) is 19.8 Å². The van der Waals surface area contributed by atoms with E-state index in [1.807, 2.05) is 31.1 Å². The summed E-state index contributed by atoms with van der Waals surface area (Å²) in [6, 6.07) is 8.58. The van der Waals surface area contributed by atoms with Gasteiger partial charge in [0.15, 0.2) is 11.5 Å². The highest BCUT2D eigenvalue weighted by Gasteiger charge is 2.42. The third kappa shape index (κ3) is 5.94. The number of benzene rings is 2. The Kier molecular flexibility index (Phi) is 8.30. The van der Waals surface area contributed by atoms with Crippen LogP contribution in [0.15, 0.2) is 36.7 Å². The number of rotatable bonds is 6. The molecule has 2 amide bonds. The number of carbonyl (C=O) groups excluding carboxylic acids is 1. The van der Waals surface area contributed by atoms with Gasteiger partial charge in [-0.05, 0) is 44.2 Å². The van der Waals surface area contributed by atoms with E-state index >= 15 is 0 Å². The maximum Gasteiger partial charge on any atom is 0.419 e. The van der Waals surface area contributed by atoms with Crippen molar-refractivity contribution in [2.75, 3.05) is 59.7 Å². The topological polar surface area (TPSA) is 79.8 Å². The Bertz CT molecular complexity index is 1370. The molecule has 1 N–H and O–H groups in total. The zero-order chi connectivity index (χ0) is 28.4. The van der Waals surface area contributed by atoms with Gasteiger partial charge in [0.1, 0.15) is 18.0 Å². The van der Waals surface area contributed by atoms with Gasteiger partial charge in [0, 0.05) is 56.2 Å². The lowest BCUT2D eigenvalue weighted by Gasteiger charge is -2.43. The van der Waals surface area contributed by atoms with Gasteiger partial charge in [0.05, 0.1) is 43.9 Å². The standard InChI is InChI=1S/C29H37ClFN6O3/c1-35-11-13-36(14-12-35)29(38)37(2,3)20-6-8-21(9-7-20)40-27-16-22-25(17-26(27)39-4)32-18-33-28(22)34-19-5-10-24(31)23(30)15-19/h5,10,15-18,20-21H,6-9,11-14H2,1-4H3,(H,32,33,34)/q+1. The summed E-state index contributed by atoms with van der Waals surface area (Å²) in [5.74, 6) is 1.26. The number of carbonyl (C=O) groups is 1. The molecule has 2 heterocycles. The number of fused-ring (bicyclic) bond motifs is 1. The number of hydrogen-bond acceptors (Lipinski definition) is 7. The first-order valence-corrected chi connectivity index (χ1v) is 14.1. The Labute approximate surface area is 239 Å². The molecular weight excluding hydrogens is 535 g/mol. The van der Waals surface area contributed by atoms with Crippen LogP contribution in [0, 0.1) is 5.82 Å². The summed E-state index contributed by atoms with van der Waals surface area (Å²) in [4.78, 5) is 26.5. The van der Waals surface area contributed by atoms with Crippen LogP contribution < -0.4 is 14.8 Å². The number of amides is 2. The Hall–Kier alpha value is -3.21. The number of nitrogens with one attached hydrogen (secondary N) is 1. The molecule has 0 spiro atoms. The Balaban J connectivity index is 1.29. The summed E-state index contributed by atoms with van der Waals surface area (Å²) < 4.78 is 26.1. The lowest BCUT2D eigenvalue weighted by molar-refractivity contribution is -0.841. The summed E-state index contributed by atoms with van der Waals surface area (Å²) in [7, 11) is 7.79. The molecule has 1 aromatic heterocycles. The Morgan fingerprint density at radius 1 is 1.05 bits per heavy atom. The van der Waals surface area contributed by atoms with Crippen molar-refractivity contribution < 1.29 is 23.1 Å². The number of nitrogens with zero attached hydrogens (tertiary/aromatic N) is 5. The lowest BCUT2D eigenvalue weighted by atomic mass is 9.91. The van der Waals surface area contributed by atoms with Gasteiger partial charge in [-0.15, -0.1) is 0 Å². The van der Waals surface area contributed by atoms with Gasteiger partial charge in [-0.2, -0.15) is 0 Å². The van der Waals surface area contributed by atoms with E-state index in [0.717, 1.165) is 57.2 Å². The molecule has 0 unspecified atom stereocenters.